The maximum Gasteiger partial charge on any atom is 0.302 e. The number of hydrogen-bond donors (Lipinski definition) is 0. The van der Waals surface area contributed by atoms with Crippen LogP contribution >= 0.6 is 0 Å². The lowest BCUT2D eigenvalue weighted by molar-refractivity contribution is -0.719. The molecular weight excluding hydrogens is 773 g/mol. The molecule has 4 heterocycles. The molecule has 1 aliphatic rings. The minimum Gasteiger partial charge on any atom is -0.490 e. The van der Waals surface area contributed by atoms with Crippen LogP contribution in [-0.4, -0.2) is 17.1 Å². The minimum atomic E-state index is -0.0968. The smallest absolute Gasteiger partial charge is 0.302 e. The first kappa shape index (κ1) is 36.9. The van der Waals surface area contributed by atoms with E-state index in [9.17, 15) is 0 Å². The zero-order valence-electron chi connectivity index (χ0n) is 35.2. The Morgan fingerprint density at radius 1 is 0.540 bits per heavy atom. The molecule has 8 aromatic carbocycles. The number of aryl methyl sites for hydroxylation is 1. The van der Waals surface area contributed by atoms with Gasteiger partial charge in [0.15, 0.2) is 24.0 Å². The van der Waals surface area contributed by atoms with Crippen molar-refractivity contribution in [3.63, 3.8) is 0 Å². The van der Waals surface area contributed by atoms with Crippen LogP contribution in [0.4, 0.5) is 0 Å². The Bertz CT molecular complexity index is 3590. The summed E-state index contributed by atoms with van der Waals surface area (Å²) in [6.07, 6.45) is 4.98. The number of benzene rings is 8. The van der Waals surface area contributed by atoms with Gasteiger partial charge in [-0.3, -0.25) is 0 Å². The molecule has 3 aromatic heterocycles. The Kier molecular flexibility index (Phi) is 8.54. The molecule has 0 N–H and O–H groups in total. The van der Waals surface area contributed by atoms with Gasteiger partial charge in [0.1, 0.15) is 7.05 Å². The van der Waals surface area contributed by atoms with E-state index < -0.39 is 0 Å². The minimum absolute atomic E-state index is 0.0968. The fraction of sp³-hybridized carbons (Fsp3) is 0.0877. The first-order chi connectivity index (χ1) is 31.1. The van der Waals surface area contributed by atoms with E-state index >= 15 is 0 Å². The summed E-state index contributed by atoms with van der Waals surface area (Å²) in [4.78, 5) is 10.6. The second-order valence-electron chi connectivity index (χ2n) is 16.4. The summed E-state index contributed by atoms with van der Waals surface area (Å²) in [7, 11) is 3.87. The quantitative estimate of drug-likeness (QED) is 0.0913. The average Bonchev–Trinajstić information content (AvgIpc) is 3.73. The predicted molar refractivity (Wildman–Crippen MR) is 255 cm³/mol. The van der Waals surface area contributed by atoms with Gasteiger partial charge in [-0.1, -0.05) is 122 Å². The molecule has 0 saturated carbocycles. The predicted octanol–water partition coefficient (Wildman–Crippen LogP) is 13.0. The van der Waals surface area contributed by atoms with E-state index in [0.717, 1.165) is 122 Å². The third-order valence-corrected chi connectivity index (χ3v) is 12.9. The van der Waals surface area contributed by atoms with Crippen molar-refractivity contribution < 1.29 is 18.6 Å². The maximum atomic E-state index is 7.00. The monoisotopic (exact) mass is 814 g/mol. The van der Waals surface area contributed by atoms with E-state index in [1.165, 1.54) is 0 Å². The van der Waals surface area contributed by atoms with Crippen molar-refractivity contribution in [3.05, 3.63) is 182 Å². The Balaban J connectivity index is 1.23. The van der Waals surface area contributed by atoms with Gasteiger partial charge in [0.25, 0.3) is 11.0 Å². The number of pyridine rings is 2. The number of nitrogens with zero attached hydrogens (tertiary/aromatic N) is 4. The molecule has 1 unspecified atom stereocenters. The fourth-order valence-corrected chi connectivity index (χ4v) is 10.0. The molecule has 300 valence electrons. The third kappa shape index (κ3) is 5.71. The first-order valence-corrected chi connectivity index (χ1v) is 21.6. The highest BCUT2D eigenvalue weighted by Crippen LogP contribution is 2.52. The normalized spacial score (nSPS) is 13.3. The molecule has 11 aromatic rings. The van der Waals surface area contributed by atoms with Gasteiger partial charge in [-0.2, -0.15) is 9.13 Å². The van der Waals surface area contributed by atoms with Gasteiger partial charge in [-0.25, -0.2) is 9.97 Å². The van der Waals surface area contributed by atoms with Crippen LogP contribution < -0.4 is 18.6 Å². The van der Waals surface area contributed by atoms with Crippen molar-refractivity contribution in [2.45, 2.75) is 19.6 Å². The molecule has 0 saturated heterocycles. The van der Waals surface area contributed by atoms with Crippen LogP contribution in [0.15, 0.2) is 182 Å². The van der Waals surface area contributed by atoms with Gasteiger partial charge >= 0.3 is 6.23 Å². The van der Waals surface area contributed by atoms with Gasteiger partial charge in [0.2, 0.25) is 5.75 Å². The second-order valence-corrected chi connectivity index (χ2v) is 16.4. The van der Waals surface area contributed by atoms with E-state index in [2.05, 4.69) is 193 Å². The van der Waals surface area contributed by atoms with Crippen molar-refractivity contribution >= 4 is 54.1 Å². The fourth-order valence-electron chi connectivity index (χ4n) is 10.0. The number of fused-ring (bicyclic) bond motifs is 5. The second kappa shape index (κ2) is 14.6. The van der Waals surface area contributed by atoms with Crippen LogP contribution in [0.25, 0.3) is 110 Å². The van der Waals surface area contributed by atoms with Crippen molar-refractivity contribution in [3.8, 4) is 67.7 Å². The molecule has 0 spiro atoms. The molecule has 0 aliphatic carbocycles. The van der Waals surface area contributed by atoms with E-state index in [1.807, 2.05) is 12.1 Å². The standard InChI is InChI=1S/C57H42N4O2/c1-4-49-61-33-15-21-38-27-29-46(56(63-49)54(38)61)52-42-23-12-11-22-41(42)50(45-28-26-37-20-14-32-60(2)53(37)55(45)62-3)44-31-30-39-40(51(44)52)24-13-25-43(39)57-58-47(35-16-7-5-8-17-35)34-48(59-57)36-18-9-6-10-19-36/h5-34,49H,4H2,1-3H3/q+2. The zero-order valence-corrected chi connectivity index (χ0v) is 35.2. The van der Waals surface area contributed by atoms with Crippen LogP contribution in [0.1, 0.15) is 19.6 Å². The summed E-state index contributed by atoms with van der Waals surface area (Å²) >= 11 is 0. The Labute approximate surface area is 364 Å². The van der Waals surface area contributed by atoms with Crippen molar-refractivity contribution in [2.24, 2.45) is 7.05 Å². The molecule has 0 fully saturated rings. The Hall–Kier alpha value is -7.96. The van der Waals surface area contributed by atoms with E-state index in [4.69, 9.17) is 19.4 Å². The van der Waals surface area contributed by atoms with Crippen molar-refractivity contribution in [1.82, 2.24) is 9.97 Å². The van der Waals surface area contributed by atoms with Gasteiger partial charge in [0.05, 0.1) is 29.3 Å². The number of rotatable bonds is 7. The molecule has 12 rings (SSSR count). The lowest BCUT2D eigenvalue weighted by Crippen LogP contribution is -2.37. The van der Waals surface area contributed by atoms with Gasteiger partial charge in [0, 0.05) is 57.5 Å². The van der Waals surface area contributed by atoms with Crippen LogP contribution in [0.5, 0.6) is 11.5 Å². The van der Waals surface area contributed by atoms with Crippen molar-refractivity contribution in [2.75, 3.05) is 7.11 Å². The summed E-state index contributed by atoms with van der Waals surface area (Å²) in [5.74, 6) is 2.42. The highest BCUT2D eigenvalue weighted by molar-refractivity contribution is 6.30. The molecule has 6 nitrogen and oxygen atoms in total. The molecule has 0 radical (unpaired) electrons. The lowest BCUT2D eigenvalue weighted by Gasteiger charge is -2.21. The summed E-state index contributed by atoms with van der Waals surface area (Å²) in [5, 5.41) is 8.95. The summed E-state index contributed by atoms with van der Waals surface area (Å²) in [6, 6.07) is 60.3. The highest BCUT2D eigenvalue weighted by Gasteiger charge is 2.36. The SMILES string of the molecule is CCC1Oc2c(-c3c4ccccc4c(-c4ccc5ccc[n+](C)c5c4OC)c4ccc5c(-c6nc(-c7ccccc7)cc(-c7ccccc7)n6)cccc5c34)ccc3ccc[n+]1c23. The van der Waals surface area contributed by atoms with Crippen LogP contribution in [0.2, 0.25) is 0 Å². The molecule has 0 bridgehead atoms. The first-order valence-electron chi connectivity index (χ1n) is 21.6. The molecule has 63 heavy (non-hydrogen) atoms. The summed E-state index contributed by atoms with van der Waals surface area (Å²) < 4.78 is 17.9. The Morgan fingerprint density at radius 3 is 1.86 bits per heavy atom. The highest BCUT2D eigenvalue weighted by atomic mass is 16.5. The summed E-state index contributed by atoms with van der Waals surface area (Å²) in [5.41, 5.74) is 11.3. The molecule has 6 heteroatoms. The number of aromatic nitrogens is 4. The topological polar surface area (TPSA) is 52.0 Å². The largest absolute Gasteiger partial charge is 0.490 e. The molecule has 0 amide bonds. The van der Waals surface area contributed by atoms with Gasteiger partial charge < -0.3 is 9.47 Å². The van der Waals surface area contributed by atoms with Crippen molar-refractivity contribution in [1.29, 1.82) is 0 Å². The third-order valence-electron chi connectivity index (χ3n) is 12.9. The molecular formula is C57H42N4O2+2. The number of methoxy groups -OCH3 is 1. The van der Waals surface area contributed by atoms with E-state index in [-0.39, 0.29) is 6.23 Å². The van der Waals surface area contributed by atoms with Crippen LogP contribution in [0.3, 0.4) is 0 Å². The molecule has 1 aliphatic heterocycles. The lowest BCUT2D eigenvalue weighted by atomic mass is 9.82. The Morgan fingerprint density at radius 2 is 1.16 bits per heavy atom. The molecule has 1 atom stereocenters. The summed E-state index contributed by atoms with van der Waals surface area (Å²) in [6.45, 7) is 2.19. The zero-order chi connectivity index (χ0) is 42.2. The maximum absolute atomic E-state index is 7.00. The van der Waals surface area contributed by atoms with Gasteiger partial charge in [-0.15, -0.1) is 0 Å². The van der Waals surface area contributed by atoms with Crippen LogP contribution in [0, 0.1) is 0 Å². The number of ether oxygens (including phenoxy) is 2. The van der Waals surface area contributed by atoms with E-state index in [1.54, 1.807) is 7.11 Å². The van der Waals surface area contributed by atoms with E-state index in [0.29, 0.717) is 5.82 Å². The van der Waals surface area contributed by atoms with Crippen LogP contribution in [-0.2, 0) is 7.05 Å². The number of hydrogen-bond acceptors (Lipinski definition) is 4. The van der Waals surface area contributed by atoms with Gasteiger partial charge in [-0.05, 0) is 74.8 Å². The average molecular weight is 815 g/mol.